The van der Waals surface area contributed by atoms with E-state index in [4.69, 9.17) is 16.3 Å². The molecule has 19 heavy (non-hydrogen) atoms. The second kappa shape index (κ2) is 6.77. The molecular weight excluding hydrogens is 398 g/mol. The van der Waals surface area contributed by atoms with Gasteiger partial charge in [-0.25, -0.2) is 4.39 Å². The molecule has 1 aliphatic carbocycles. The molecule has 1 aromatic rings. The largest absolute Gasteiger partial charge is 0.492 e. The third kappa shape index (κ3) is 3.85. The summed E-state index contributed by atoms with van der Waals surface area (Å²) in [4.78, 5) is 0. The maximum atomic E-state index is 13.5. The lowest BCUT2D eigenvalue weighted by Crippen LogP contribution is -2.32. The maximum Gasteiger partial charge on any atom is 0.145 e. The van der Waals surface area contributed by atoms with Gasteiger partial charge in [0.25, 0.3) is 0 Å². The Kier molecular flexibility index (Phi) is 5.55. The van der Waals surface area contributed by atoms with Crippen LogP contribution in [0.1, 0.15) is 32.1 Å². The van der Waals surface area contributed by atoms with Gasteiger partial charge in [-0.3, -0.25) is 0 Å². The number of rotatable bonds is 4. The summed E-state index contributed by atoms with van der Waals surface area (Å²) in [5, 5.41) is 1.03. The fraction of sp³-hybridized carbons (Fsp3) is 0.571. The number of hydrogen-bond donors (Lipinski definition) is 0. The molecule has 0 atom stereocenters. The van der Waals surface area contributed by atoms with Crippen LogP contribution in [0.4, 0.5) is 4.39 Å². The van der Waals surface area contributed by atoms with Crippen molar-refractivity contribution < 1.29 is 9.13 Å². The molecule has 1 saturated carbocycles. The van der Waals surface area contributed by atoms with Crippen LogP contribution in [0.2, 0.25) is 5.02 Å². The summed E-state index contributed by atoms with van der Waals surface area (Å²) in [6.45, 7) is 0.609. The lowest BCUT2D eigenvalue weighted by molar-refractivity contribution is 0.121. The van der Waals surface area contributed by atoms with Crippen LogP contribution in [0, 0.1) is 11.2 Å². The lowest BCUT2D eigenvalue weighted by atomic mass is 9.76. The van der Waals surface area contributed by atoms with Crippen LogP contribution >= 0.6 is 43.5 Å². The highest BCUT2D eigenvalue weighted by atomic mass is 79.9. The molecule has 0 unspecified atom stereocenters. The first kappa shape index (κ1) is 15.6. The van der Waals surface area contributed by atoms with Gasteiger partial charge in [0.2, 0.25) is 0 Å². The fourth-order valence-corrected chi connectivity index (χ4v) is 3.94. The summed E-state index contributed by atoms with van der Waals surface area (Å²) in [5.41, 5.74) is 0.174. The minimum Gasteiger partial charge on any atom is -0.492 e. The van der Waals surface area contributed by atoms with Crippen LogP contribution in [0.5, 0.6) is 5.75 Å². The first-order valence-electron chi connectivity index (χ1n) is 6.40. The Hall–Kier alpha value is 0.200. The molecule has 1 aliphatic rings. The molecule has 2 rings (SSSR count). The van der Waals surface area contributed by atoms with Crippen LogP contribution in [0.15, 0.2) is 16.6 Å². The number of halogens is 4. The molecule has 0 amide bonds. The molecule has 0 aliphatic heterocycles. The highest BCUT2D eigenvalue weighted by Gasteiger charge is 2.32. The number of alkyl halides is 1. The molecule has 0 heterocycles. The van der Waals surface area contributed by atoms with Crippen molar-refractivity contribution in [2.45, 2.75) is 32.1 Å². The average Bonchev–Trinajstić information content (AvgIpc) is 2.42. The van der Waals surface area contributed by atoms with E-state index in [9.17, 15) is 4.39 Å². The van der Waals surface area contributed by atoms with Gasteiger partial charge in [-0.15, -0.1) is 0 Å². The SMILES string of the molecule is Fc1cc(OCC2(CBr)CCCCC2)c(Br)cc1Cl. The van der Waals surface area contributed by atoms with Gasteiger partial charge in [0, 0.05) is 16.8 Å². The monoisotopic (exact) mass is 412 g/mol. The van der Waals surface area contributed by atoms with Gasteiger partial charge in [0.05, 0.1) is 16.1 Å². The van der Waals surface area contributed by atoms with E-state index in [1.54, 1.807) is 0 Å². The normalized spacial score (nSPS) is 18.3. The first-order valence-corrected chi connectivity index (χ1v) is 8.69. The van der Waals surface area contributed by atoms with Crippen molar-refractivity contribution in [2.75, 3.05) is 11.9 Å². The van der Waals surface area contributed by atoms with E-state index in [1.807, 2.05) is 0 Å². The Morgan fingerprint density at radius 2 is 1.95 bits per heavy atom. The second-order valence-electron chi connectivity index (χ2n) is 5.18. The lowest BCUT2D eigenvalue weighted by Gasteiger charge is -2.35. The van der Waals surface area contributed by atoms with Gasteiger partial charge in [0.1, 0.15) is 11.6 Å². The summed E-state index contributed by atoms with van der Waals surface area (Å²) in [6.07, 6.45) is 6.10. The van der Waals surface area contributed by atoms with Crippen LogP contribution < -0.4 is 4.74 Å². The van der Waals surface area contributed by atoms with Gasteiger partial charge in [-0.2, -0.15) is 0 Å². The molecule has 0 N–H and O–H groups in total. The highest BCUT2D eigenvalue weighted by Crippen LogP contribution is 2.39. The summed E-state index contributed by atoms with van der Waals surface area (Å²) in [7, 11) is 0. The minimum absolute atomic E-state index is 0.104. The molecule has 0 radical (unpaired) electrons. The second-order valence-corrected chi connectivity index (χ2v) is 7.00. The molecule has 106 valence electrons. The van der Waals surface area contributed by atoms with Crippen molar-refractivity contribution >= 4 is 43.5 Å². The Labute approximate surface area is 135 Å². The Morgan fingerprint density at radius 3 is 2.58 bits per heavy atom. The van der Waals surface area contributed by atoms with E-state index in [2.05, 4.69) is 31.9 Å². The zero-order valence-corrected chi connectivity index (χ0v) is 14.5. The van der Waals surface area contributed by atoms with Crippen molar-refractivity contribution in [1.82, 2.24) is 0 Å². The molecule has 0 spiro atoms. The molecule has 0 aromatic heterocycles. The number of benzene rings is 1. The smallest absolute Gasteiger partial charge is 0.145 e. The Balaban J connectivity index is 2.07. The molecule has 1 fully saturated rings. The Morgan fingerprint density at radius 1 is 1.26 bits per heavy atom. The topological polar surface area (TPSA) is 9.23 Å². The van der Waals surface area contributed by atoms with Crippen LogP contribution in [0.3, 0.4) is 0 Å². The maximum absolute atomic E-state index is 13.5. The molecular formula is C14H16Br2ClFO. The van der Waals surface area contributed by atoms with Crippen LogP contribution in [-0.2, 0) is 0 Å². The molecule has 5 heteroatoms. The van der Waals surface area contributed by atoms with Gasteiger partial charge in [0.15, 0.2) is 0 Å². The first-order chi connectivity index (χ1) is 9.06. The predicted molar refractivity (Wildman–Crippen MR) is 83.9 cm³/mol. The summed E-state index contributed by atoms with van der Waals surface area (Å²) in [5.74, 6) is 0.0733. The van der Waals surface area contributed by atoms with Crippen molar-refractivity contribution in [3.8, 4) is 5.75 Å². The van der Waals surface area contributed by atoms with E-state index in [-0.39, 0.29) is 10.4 Å². The zero-order chi connectivity index (χ0) is 13.9. The van der Waals surface area contributed by atoms with E-state index < -0.39 is 5.82 Å². The molecule has 0 bridgehead atoms. The van der Waals surface area contributed by atoms with E-state index in [0.29, 0.717) is 16.8 Å². The minimum atomic E-state index is -0.448. The number of ether oxygens (including phenoxy) is 1. The molecule has 1 nitrogen and oxygen atoms in total. The standard InChI is InChI=1S/C14H16Br2ClFO/c15-8-14(4-2-1-3-5-14)9-19-13-7-12(18)11(17)6-10(13)16/h6-7H,1-5,8-9H2. The summed E-state index contributed by atoms with van der Waals surface area (Å²) < 4.78 is 20.0. The van der Waals surface area contributed by atoms with Gasteiger partial charge in [-0.1, -0.05) is 46.8 Å². The average molecular weight is 415 g/mol. The van der Waals surface area contributed by atoms with E-state index >= 15 is 0 Å². The van der Waals surface area contributed by atoms with Crippen molar-refractivity contribution in [1.29, 1.82) is 0 Å². The third-order valence-electron chi connectivity index (χ3n) is 3.71. The fourth-order valence-electron chi connectivity index (χ4n) is 2.46. The Bertz CT molecular complexity index is 447. The summed E-state index contributed by atoms with van der Waals surface area (Å²) in [6, 6.07) is 2.88. The van der Waals surface area contributed by atoms with Gasteiger partial charge in [-0.05, 0) is 34.8 Å². The quantitative estimate of drug-likeness (QED) is 0.436. The van der Waals surface area contributed by atoms with Crippen molar-refractivity contribution in [3.63, 3.8) is 0 Å². The molecule has 0 saturated heterocycles. The number of hydrogen-bond acceptors (Lipinski definition) is 1. The highest BCUT2D eigenvalue weighted by molar-refractivity contribution is 9.10. The van der Waals surface area contributed by atoms with Crippen molar-refractivity contribution in [3.05, 3.63) is 27.4 Å². The van der Waals surface area contributed by atoms with E-state index in [1.165, 1.54) is 31.4 Å². The molecule has 1 aromatic carbocycles. The van der Waals surface area contributed by atoms with Gasteiger partial charge < -0.3 is 4.74 Å². The summed E-state index contributed by atoms with van der Waals surface area (Å²) >= 11 is 12.7. The van der Waals surface area contributed by atoms with Crippen LogP contribution in [-0.4, -0.2) is 11.9 Å². The third-order valence-corrected chi connectivity index (χ3v) is 5.81. The predicted octanol–water partition coefficient (Wildman–Crippen LogP) is 5.97. The van der Waals surface area contributed by atoms with Gasteiger partial charge >= 0.3 is 0 Å². The van der Waals surface area contributed by atoms with Crippen molar-refractivity contribution in [2.24, 2.45) is 5.41 Å². The zero-order valence-electron chi connectivity index (χ0n) is 10.5. The van der Waals surface area contributed by atoms with E-state index in [0.717, 1.165) is 18.2 Å². The van der Waals surface area contributed by atoms with Crippen LogP contribution in [0.25, 0.3) is 0 Å².